The van der Waals surface area contributed by atoms with E-state index in [2.05, 4.69) is 9.71 Å². The van der Waals surface area contributed by atoms with Crippen LogP contribution in [0.2, 0.25) is 0 Å². The molecule has 0 aliphatic heterocycles. The van der Waals surface area contributed by atoms with Gasteiger partial charge in [0.05, 0.1) is 5.56 Å². The second kappa shape index (κ2) is 5.27. The molecule has 0 unspecified atom stereocenters. The molecule has 2 rings (SSSR count). The molecule has 0 atom stereocenters. The predicted molar refractivity (Wildman–Crippen MR) is 70.9 cm³/mol. The van der Waals surface area contributed by atoms with Gasteiger partial charge in [0.15, 0.2) is 0 Å². The van der Waals surface area contributed by atoms with Crippen LogP contribution in [-0.2, 0) is 10.0 Å². The summed E-state index contributed by atoms with van der Waals surface area (Å²) in [6.07, 6.45) is 1.23. The van der Waals surface area contributed by atoms with Crippen LogP contribution >= 0.6 is 0 Å². The highest BCUT2D eigenvalue weighted by Gasteiger charge is 2.19. The van der Waals surface area contributed by atoms with Gasteiger partial charge >= 0.3 is 0 Å². The maximum absolute atomic E-state index is 13.7. The highest BCUT2D eigenvalue weighted by atomic mass is 32.2. The van der Waals surface area contributed by atoms with Gasteiger partial charge < -0.3 is 0 Å². The maximum Gasteiger partial charge on any atom is 0.265 e. The van der Waals surface area contributed by atoms with Gasteiger partial charge in [-0.1, -0.05) is 6.07 Å². The van der Waals surface area contributed by atoms with E-state index in [9.17, 15) is 12.8 Å². The van der Waals surface area contributed by atoms with E-state index in [0.29, 0.717) is 11.1 Å². The van der Waals surface area contributed by atoms with Crippen molar-refractivity contribution >= 4 is 15.8 Å². The Morgan fingerprint density at radius 1 is 1.30 bits per heavy atom. The number of nitrogens with zero attached hydrogens (tertiary/aromatic N) is 2. The van der Waals surface area contributed by atoms with Crippen LogP contribution in [0.15, 0.2) is 41.4 Å². The molecule has 1 aromatic carbocycles. The molecule has 0 aliphatic rings. The summed E-state index contributed by atoms with van der Waals surface area (Å²) in [4.78, 5) is 3.32. The number of aromatic nitrogens is 1. The van der Waals surface area contributed by atoms with Gasteiger partial charge in [0, 0.05) is 6.20 Å². The van der Waals surface area contributed by atoms with Crippen molar-refractivity contribution in [1.82, 2.24) is 4.98 Å². The number of benzene rings is 1. The number of aryl methyl sites for hydroxylation is 1. The van der Waals surface area contributed by atoms with Gasteiger partial charge in [0.2, 0.25) is 0 Å². The molecule has 0 aliphatic carbocycles. The van der Waals surface area contributed by atoms with Crippen molar-refractivity contribution in [1.29, 1.82) is 5.26 Å². The number of sulfonamides is 1. The summed E-state index contributed by atoms with van der Waals surface area (Å²) >= 11 is 0. The Hall–Kier alpha value is -2.46. The third-order valence-electron chi connectivity index (χ3n) is 2.51. The van der Waals surface area contributed by atoms with E-state index in [-0.39, 0.29) is 5.82 Å². The summed E-state index contributed by atoms with van der Waals surface area (Å²) in [6, 6.07) is 8.45. The predicted octanol–water partition coefficient (Wildman–Crippen LogP) is 2.20. The zero-order valence-electron chi connectivity index (χ0n) is 10.5. The van der Waals surface area contributed by atoms with Gasteiger partial charge in [-0.25, -0.2) is 17.8 Å². The fourth-order valence-electron chi connectivity index (χ4n) is 1.54. The Labute approximate surface area is 115 Å². The van der Waals surface area contributed by atoms with Gasteiger partial charge in [-0.05, 0) is 36.8 Å². The van der Waals surface area contributed by atoms with Gasteiger partial charge in [0.1, 0.15) is 22.6 Å². The largest absolute Gasteiger partial charge is 0.265 e. The monoisotopic (exact) mass is 291 g/mol. The highest BCUT2D eigenvalue weighted by molar-refractivity contribution is 7.92. The molecule has 0 fully saturated rings. The summed E-state index contributed by atoms with van der Waals surface area (Å²) in [6.45, 7) is 1.66. The number of nitriles is 1. The van der Waals surface area contributed by atoms with Crippen molar-refractivity contribution in [2.24, 2.45) is 0 Å². The molecule has 0 saturated heterocycles. The van der Waals surface area contributed by atoms with E-state index in [4.69, 9.17) is 5.26 Å². The minimum atomic E-state index is -4.05. The number of nitrogens with one attached hydrogen (secondary N) is 1. The van der Waals surface area contributed by atoms with Crippen LogP contribution < -0.4 is 4.72 Å². The lowest BCUT2D eigenvalue weighted by Crippen LogP contribution is -2.15. The molecule has 1 heterocycles. The zero-order chi connectivity index (χ0) is 14.8. The Morgan fingerprint density at radius 3 is 2.60 bits per heavy atom. The van der Waals surface area contributed by atoms with Crippen LogP contribution in [0.1, 0.15) is 11.1 Å². The summed E-state index contributed by atoms with van der Waals surface area (Å²) in [5.41, 5.74) is 0.924. The quantitative estimate of drug-likeness (QED) is 0.939. The third-order valence-corrected chi connectivity index (χ3v) is 3.90. The van der Waals surface area contributed by atoms with Crippen molar-refractivity contribution in [3.63, 3.8) is 0 Å². The normalized spacial score (nSPS) is 10.8. The van der Waals surface area contributed by atoms with E-state index in [0.717, 1.165) is 6.07 Å². The Bertz CT molecular complexity index is 780. The van der Waals surface area contributed by atoms with Crippen molar-refractivity contribution in [2.75, 3.05) is 4.72 Å². The van der Waals surface area contributed by atoms with E-state index in [1.165, 1.54) is 30.5 Å². The van der Waals surface area contributed by atoms with Gasteiger partial charge in [0.25, 0.3) is 10.0 Å². The first-order valence-corrected chi connectivity index (χ1v) is 7.06. The average Bonchev–Trinajstić information content (AvgIpc) is 2.38. The number of halogens is 1. The minimum absolute atomic E-state index is 0.0176. The average molecular weight is 291 g/mol. The third kappa shape index (κ3) is 2.92. The number of pyridine rings is 1. The van der Waals surface area contributed by atoms with E-state index < -0.39 is 20.7 Å². The van der Waals surface area contributed by atoms with Gasteiger partial charge in [-0.2, -0.15) is 5.26 Å². The first kappa shape index (κ1) is 14.0. The summed E-state index contributed by atoms with van der Waals surface area (Å²) in [7, 11) is -4.05. The smallest absolute Gasteiger partial charge is 0.263 e. The number of rotatable bonds is 3. The second-order valence-corrected chi connectivity index (χ2v) is 5.73. The molecule has 0 spiro atoms. The standard InChI is InChI=1S/C13H10FN3O2S/c1-9-2-4-12(11(14)6-9)20(18,19)17-13-5-3-10(7-15)8-16-13/h2-6,8H,1H3,(H,16,17). The van der Waals surface area contributed by atoms with Crippen LogP contribution in [0.4, 0.5) is 10.2 Å². The van der Waals surface area contributed by atoms with Crippen LogP contribution in [0, 0.1) is 24.1 Å². The van der Waals surface area contributed by atoms with Crippen molar-refractivity contribution in [3.05, 3.63) is 53.5 Å². The van der Waals surface area contributed by atoms with Gasteiger partial charge in [-0.3, -0.25) is 4.72 Å². The first-order valence-electron chi connectivity index (χ1n) is 5.57. The van der Waals surface area contributed by atoms with Crippen molar-refractivity contribution in [2.45, 2.75) is 11.8 Å². The molecule has 1 aromatic heterocycles. The van der Waals surface area contributed by atoms with Crippen LogP contribution in [0.3, 0.4) is 0 Å². The summed E-state index contributed by atoms with van der Waals surface area (Å²) in [5, 5.41) is 8.62. The second-order valence-electron chi connectivity index (χ2n) is 4.08. The molecule has 0 bridgehead atoms. The fourth-order valence-corrected chi connectivity index (χ4v) is 2.61. The van der Waals surface area contributed by atoms with Crippen LogP contribution in [-0.4, -0.2) is 13.4 Å². The number of anilines is 1. The van der Waals surface area contributed by atoms with Crippen molar-refractivity contribution < 1.29 is 12.8 Å². The molecule has 102 valence electrons. The molecule has 0 saturated carbocycles. The van der Waals surface area contributed by atoms with Crippen LogP contribution in [0.25, 0.3) is 0 Å². The Morgan fingerprint density at radius 2 is 2.05 bits per heavy atom. The van der Waals surface area contributed by atoms with Gasteiger partial charge in [-0.15, -0.1) is 0 Å². The molecule has 0 amide bonds. The summed E-state index contributed by atoms with van der Waals surface area (Å²) in [5.74, 6) is -0.810. The lowest BCUT2D eigenvalue weighted by molar-refractivity contribution is 0.569. The Balaban J connectivity index is 2.33. The Kier molecular flexibility index (Phi) is 3.68. The molecule has 20 heavy (non-hydrogen) atoms. The lowest BCUT2D eigenvalue weighted by Gasteiger charge is -2.08. The van der Waals surface area contributed by atoms with E-state index in [1.54, 1.807) is 6.92 Å². The molecule has 2 aromatic rings. The number of hydrogen-bond acceptors (Lipinski definition) is 4. The minimum Gasteiger partial charge on any atom is -0.263 e. The topological polar surface area (TPSA) is 82.9 Å². The molecule has 1 N–H and O–H groups in total. The van der Waals surface area contributed by atoms with E-state index in [1.807, 2.05) is 6.07 Å². The first-order chi connectivity index (χ1) is 9.42. The highest BCUT2D eigenvalue weighted by Crippen LogP contribution is 2.18. The zero-order valence-corrected chi connectivity index (χ0v) is 11.3. The van der Waals surface area contributed by atoms with Crippen molar-refractivity contribution in [3.8, 4) is 6.07 Å². The molecule has 0 radical (unpaired) electrons. The maximum atomic E-state index is 13.7. The molecule has 5 nitrogen and oxygen atoms in total. The number of hydrogen-bond donors (Lipinski definition) is 1. The lowest BCUT2D eigenvalue weighted by atomic mass is 10.2. The SMILES string of the molecule is Cc1ccc(S(=O)(=O)Nc2ccc(C#N)cn2)c(F)c1. The molecular formula is C13H10FN3O2S. The van der Waals surface area contributed by atoms with Crippen LogP contribution in [0.5, 0.6) is 0 Å². The summed E-state index contributed by atoms with van der Waals surface area (Å²) < 4.78 is 39.9. The molecular weight excluding hydrogens is 281 g/mol. The molecule has 7 heteroatoms. The fraction of sp³-hybridized carbons (Fsp3) is 0.0769. The van der Waals surface area contributed by atoms with E-state index >= 15 is 0 Å².